The minimum absolute atomic E-state index is 0.0240. The highest BCUT2D eigenvalue weighted by molar-refractivity contribution is 6.01. The number of aromatic nitrogens is 2. The van der Waals surface area contributed by atoms with Crippen molar-refractivity contribution in [3.63, 3.8) is 0 Å². The molecule has 2 aliphatic rings. The fourth-order valence-corrected chi connectivity index (χ4v) is 4.03. The first-order valence-electron chi connectivity index (χ1n) is 8.40. The van der Waals surface area contributed by atoms with E-state index in [4.69, 9.17) is 0 Å². The Labute approximate surface area is 145 Å². The molecule has 2 heterocycles. The first-order valence-corrected chi connectivity index (χ1v) is 8.40. The molecule has 0 saturated carbocycles. The Morgan fingerprint density at radius 3 is 2.68 bits per heavy atom. The quantitative estimate of drug-likeness (QED) is 0.642. The standard InChI is InChI=1S/C19H21N3O3/c1-9-4-5-12(23)10(6-9)14-15-11(7-19(2,3)8-13(15)24)20-17-16(14)18(25)22-21-17/h4-6,14,23H,7-8H2,1-3H3,(H3,20,21,22,25)/t14-/m0/s1. The molecule has 0 amide bonds. The number of aryl methyl sites for hydroxylation is 1. The maximum atomic E-state index is 13.0. The third kappa shape index (κ3) is 2.40. The lowest BCUT2D eigenvalue weighted by Crippen LogP contribution is -2.35. The number of carbonyl (C=O) groups excluding carboxylic acids is 1. The summed E-state index contributed by atoms with van der Waals surface area (Å²) in [5.74, 6) is 0.120. The van der Waals surface area contributed by atoms with E-state index in [1.807, 2.05) is 19.1 Å². The van der Waals surface area contributed by atoms with Crippen LogP contribution in [-0.2, 0) is 4.79 Å². The van der Waals surface area contributed by atoms with E-state index >= 15 is 0 Å². The van der Waals surface area contributed by atoms with Crippen LogP contribution >= 0.6 is 0 Å². The molecule has 0 fully saturated rings. The molecule has 0 spiro atoms. The first-order chi connectivity index (χ1) is 11.8. The number of aromatic hydroxyl groups is 1. The van der Waals surface area contributed by atoms with Gasteiger partial charge in [0, 0.05) is 23.3 Å². The van der Waals surface area contributed by atoms with E-state index in [0.717, 1.165) is 11.3 Å². The third-order valence-electron chi connectivity index (χ3n) is 5.08. The zero-order valence-electron chi connectivity index (χ0n) is 14.5. The maximum Gasteiger partial charge on any atom is 0.270 e. The van der Waals surface area contributed by atoms with Gasteiger partial charge in [-0.15, -0.1) is 0 Å². The number of Topliss-reactive ketones (excluding diaryl/α,β-unsaturated/α-hetero) is 1. The molecule has 0 bridgehead atoms. The van der Waals surface area contributed by atoms with Crippen LogP contribution in [0.2, 0.25) is 0 Å². The molecule has 1 aromatic carbocycles. The molecule has 6 nitrogen and oxygen atoms in total. The summed E-state index contributed by atoms with van der Waals surface area (Å²) >= 11 is 0. The van der Waals surface area contributed by atoms with Crippen LogP contribution in [0.4, 0.5) is 5.82 Å². The van der Waals surface area contributed by atoms with Gasteiger partial charge in [0.2, 0.25) is 0 Å². The van der Waals surface area contributed by atoms with E-state index < -0.39 is 5.92 Å². The van der Waals surface area contributed by atoms with Gasteiger partial charge in [-0.25, -0.2) is 0 Å². The Morgan fingerprint density at radius 1 is 1.16 bits per heavy atom. The van der Waals surface area contributed by atoms with E-state index in [2.05, 4.69) is 29.4 Å². The lowest BCUT2D eigenvalue weighted by molar-refractivity contribution is -0.118. The van der Waals surface area contributed by atoms with Gasteiger partial charge in [0.05, 0.1) is 11.5 Å². The SMILES string of the molecule is Cc1ccc(O)c([C@H]2C3=C(CC(C)(C)CC3=O)Nc3[nH][nH]c(=O)c32)c1. The summed E-state index contributed by atoms with van der Waals surface area (Å²) in [6.45, 7) is 6.04. The number of phenols is 1. The molecule has 4 N–H and O–H groups in total. The minimum Gasteiger partial charge on any atom is -0.508 e. The van der Waals surface area contributed by atoms with Crippen LogP contribution in [0.25, 0.3) is 0 Å². The number of phenolic OH excluding ortho intramolecular Hbond substituents is 1. The van der Waals surface area contributed by atoms with Crippen molar-refractivity contribution in [2.75, 3.05) is 5.32 Å². The Hall–Kier alpha value is -2.76. The van der Waals surface area contributed by atoms with E-state index in [0.29, 0.717) is 35.4 Å². The summed E-state index contributed by atoms with van der Waals surface area (Å²) in [5.41, 5.74) is 3.01. The van der Waals surface area contributed by atoms with Crippen molar-refractivity contribution < 1.29 is 9.90 Å². The maximum absolute atomic E-state index is 13.0. The van der Waals surface area contributed by atoms with Crippen molar-refractivity contribution in [2.45, 2.75) is 39.5 Å². The number of allylic oxidation sites excluding steroid dienone is 2. The van der Waals surface area contributed by atoms with Gasteiger partial charge in [0.25, 0.3) is 5.56 Å². The number of rotatable bonds is 1. The zero-order valence-corrected chi connectivity index (χ0v) is 14.5. The molecule has 1 aromatic heterocycles. The fourth-order valence-electron chi connectivity index (χ4n) is 4.03. The average Bonchev–Trinajstić information content (AvgIpc) is 2.87. The lowest BCUT2D eigenvalue weighted by Gasteiger charge is -2.38. The summed E-state index contributed by atoms with van der Waals surface area (Å²) in [5, 5.41) is 19.1. The van der Waals surface area contributed by atoms with Crippen LogP contribution in [0, 0.1) is 12.3 Å². The van der Waals surface area contributed by atoms with Crippen molar-refractivity contribution in [1.82, 2.24) is 10.2 Å². The second-order valence-corrected chi connectivity index (χ2v) is 7.82. The highest BCUT2D eigenvalue weighted by Crippen LogP contribution is 2.49. The molecule has 1 aliphatic carbocycles. The number of hydrogen-bond donors (Lipinski definition) is 4. The van der Waals surface area contributed by atoms with Crippen LogP contribution in [-0.4, -0.2) is 21.1 Å². The summed E-state index contributed by atoms with van der Waals surface area (Å²) in [6.07, 6.45) is 1.14. The zero-order chi connectivity index (χ0) is 17.9. The number of nitrogens with one attached hydrogen (secondary N) is 3. The Balaban J connectivity index is 2.00. The number of anilines is 1. The predicted molar refractivity (Wildman–Crippen MR) is 94.8 cm³/mol. The van der Waals surface area contributed by atoms with Gasteiger partial charge in [0.1, 0.15) is 11.6 Å². The van der Waals surface area contributed by atoms with Crippen LogP contribution in [0.5, 0.6) is 5.75 Å². The van der Waals surface area contributed by atoms with Crippen molar-refractivity contribution >= 4 is 11.6 Å². The van der Waals surface area contributed by atoms with Gasteiger partial charge < -0.3 is 10.4 Å². The lowest BCUT2D eigenvalue weighted by atomic mass is 9.69. The molecule has 0 radical (unpaired) electrons. The topological polar surface area (TPSA) is 98.0 Å². The first kappa shape index (κ1) is 15.7. The fraction of sp³-hybridized carbons (Fsp3) is 0.368. The monoisotopic (exact) mass is 339 g/mol. The number of ketones is 1. The number of carbonyl (C=O) groups is 1. The smallest absolute Gasteiger partial charge is 0.270 e. The van der Waals surface area contributed by atoms with E-state index in [1.54, 1.807) is 6.07 Å². The van der Waals surface area contributed by atoms with Gasteiger partial charge >= 0.3 is 0 Å². The molecule has 0 unspecified atom stereocenters. The summed E-state index contributed by atoms with van der Waals surface area (Å²) < 4.78 is 0. The van der Waals surface area contributed by atoms with Gasteiger partial charge in [-0.3, -0.25) is 19.8 Å². The second kappa shape index (κ2) is 5.12. The van der Waals surface area contributed by atoms with E-state index in [9.17, 15) is 14.7 Å². The molecule has 6 heteroatoms. The van der Waals surface area contributed by atoms with Crippen molar-refractivity contribution in [2.24, 2.45) is 5.41 Å². The number of aromatic amines is 2. The second-order valence-electron chi connectivity index (χ2n) is 7.82. The molecule has 2 aromatic rings. The number of hydrogen-bond acceptors (Lipinski definition) is 4. The number of benzene rings is 1. The van der Waals surface area contributed by atoms with Crippen LogP contribution in [0.3, 0.4) is 0 Å². The minimum atomic E-state index is -0.565. The van der Waals surface area contributed by atoms with Crippen molar-refractivity contribution in [3.05, 3.63) is 56.5 Å². The molecule has 1 aliphatic heterocycles. The molecule has 4 rings (SSSR count). The highest BCUT2D eigenvalue weighted by Gasteiger charge is 2.43. The van der Waals surface area contributed by atoms with E-state index in [1.165, 1.54) is 0 Å². The Kier molecular flexibility index (Phi) is 3.22. The van der Waals surface area contributed by atoms with Gasteiger partial charge in [0.15, 0.2) is 5.78 Å². The highest BCUT2D eigenvalue weighted by atomic mass is 16.3. The molecule has 25 heavy (non-hydrogen) atoms. The average molecular weight is 339 g/mol. The molecular formula is C19H21N3O3. The Morgan fingerprint density at radius 2 is 1.92 bits per heavy atom. The van der Waals surface area contributed by atoms with Gasteiger partial charge in [-0.2, -0.15) is 0 Å². The number of fused-ring (bicyclic) bond motifs is 1. The van der Waals surface area contributed by atoms with Gasteiger partial charge in [-0.05, 0) is 24.8 Å². The third-order valence-corrected chi connectivity index (χ3v) is 5.08. The normalized spacial score (nSPS) is 21.6. The van der Waals surface area contributed by atoms with Crippen LogP contribution in [0.15, 0.2) is 34.3 Å². The summed E-state index contributed by atoms with van der Waals surface area (Å²) in [6, 6.07) is 5.27. The van der Waals surface area contributed by atoms with Crippen LogP contribution < -0.4 is 10.9 Å². The molecule has 0 saturated heterocycles. The van der Waals surface area contributed by atoms with Crippen LogP contribution in [0.1, 0.15) is 49.3 Å². The van der Waals surface area contributed by atoms with Gasteiger partial charge in [-0.1, -0.05) is 31.5 Å². The van der Waals surface area contributed by atoms with Crippen molar-refractivity contribution in [1.29, 1.82) is 0 Å². The molecular weight excluding hydrogens is 318 g/mol. The van der Waals surface area contributed by atoms with Crippen molar-refractivity contribution in [3.8, 4) is 5.75 Å². The summed E-state index contributed by atoms with van der Waals surface area (Å²) in [4.78, 5) is 25.4. The Bertz CT molecular complexity index is 978. The number of H-pyrrole nitrogens is 2. The predicted octanol–water partition coefficient (Wildman–Crippen LogP) is 2.92. The summed E-state index contributed by atoms with van der Waals surface area (Å²) in [7, 11) is 0. The molecule has 1 atom stereocenters. The van der Waals surface area contributed by atoms with E-state index in [-0.39, 0.29) is 22.5 Å². The molecule has 130 valence electrons. The largest absolute Gasteiger partial charge is 0.508 e.